The molecule has 0 saturated heterocycles. The molecule has 2 aliphatic rings. The largest absolute Gasteiger partial charge is 0.455 e. The van der Waals surface area contributed by atoms with Crippen LogP contribution in [0, 0.1) is 0 Å². The van der Waals surface area contributed by atoms with Crippen molar-refractivity contribution >= 4 is 21.9 Å². The highest BCUT2D eigenvalue weighted by atomic mass is 16.6. The molecule has 0 N–H and O–H groups in total. The van der Waals surface area contributed by atoms with Crippen LogP contribution in [0.2, 0.25) is 0 Å². The number of hydrogen-bond acceptors (Lipinski definition) is 5. The number of nitrogens with zero attached hydrogens (tertiary/aromatic N) is 2. The summed E-state index contributed by atoms with van der Waals surface area (Å²) in [6.45, 7) is 4.55. The molecule has 2 aromatic heterocycles. The summed E-state index contributed by atoms with van der Waals surface area (Å²) in [5, 5.41) is 2.22. The minimum absolute atomic E-state index is 0.131. The molecule has 0 saturated carbocycles. The third-order valence-electron chi connectivity index (χ3n) is 12.2. The van der Waals surface area contributed by atoms with Gasteiger partial charge in [-0.2, -0.15) is 0 Å². The molecule has 0 spiro atoms. The molecule has 3 heterocycles. The van der Waals surface area contributed by atoms with Gasteiger partial charge in [0.05, 0.1) is 11.4 Å². The molecule has 0 fully saturated rings. The van der Waals surface area contributed by atoms with E-state index in [1.807, 2.05) is 48.5 Å². The van der Waals surface area contributed by atoms with Crippen molar-refractivity contribution in [3.8, 4) is 90.3 Å². The standard InChI is InChI=1S/C55H36N2O3/c1-55(2)43-21-10-8-18-42(43)51-44(55)28-30-49-53(51)60-48-29-27-36(31-50(48)58-49)37-15-6-7-16-39(37)46-32-45(34-13-4-3-5-14-34)56-54(57-46)35-25-23-33(24-26-35)38-19-12-20-41-40-17-9-11-22-47(40)59-52(38)41/h3-32H,1-2H3. The Morgan fingerprint density at radius 3 is 1.95 bits per heavy atom. The molecule has 1 aliphatic carbocycles. The van der Waals surface area contributed by atoms with Crippen LogP contribution in [0.5, 0.6) is 23.0 Å². The summed E-state index contributed by atoms with van der Waals surface area (Å²) in [5.74, 6) is 3.49. The molecule has 60 heavy (non-hydrogen) atoms. The fourth-order valence-corrected chi connectivity index (χ4v) is 9.20. The summed E-state index contributed by atoms with van der Waals surface area (Å²) < 4.78 is 19.8. The van der Waals surface area contributed by atoms with Crippen molar-refractivity contribution in [1.29, 1.82) is 0 Å². The van der Waals surface area contributed by atoms with Gasteiger partial charge in [-0.05, 0) is 63.7 Å². The fraction of sp³-hybridized carbons (Fsp3) is 0.0545. The van der Waals surface area contributed by atoms with E-state index in [-0.39, 0.29) is 5.41 Å². The number of benzene rings is 8. The number of hydrogen-bond donors (Lipinski definition) is 0. The molecule has 0 radical (unpaired) electrons. The van der Waals surface area contributed by atoms with E-state index in [0.717, 1.165) is 83.6 Å². The van der Waals surface area contributed by atoms with Crippen LogP contribution in [0.3, 0.4) is 0 Å². The molecule has 10 aromatic rings. The summed E-state index contributed by atoms with van der Waals surface area (Å²) in [5.41, 5.74) is 15.2. The van der Waals surface area contributed by atoms with Gasteiger partial charge in [0.15, 0.2) is 28.8 Å². The number of rotatable bonds is 5. The normalized spacial score (nSPS) is 13.2. The van der Waals surface area contributed by atoms with Crippen LogP contribution in [-0.4, -0.2) is 9.97 Å². The van der Waals surface area contributed by atoms with Crippen molar-refractivity contribution in [1.82, 2.24) is 9.97 Å². The van der Waals surface area contributed by atoms with Gasteiger partial charge in [0.25, 0.3) is 0 Å². The quantitative estimate of drug-likeness (QED) is 0.174. The first kappa shape index (κ1) is 34.3. The van der Waals surface area contributed by atoms with Crippen molar-refractivity contribution in [2.75, 3.05) is 0 Å². The maximum atomic E-state index is 6.73. The van der Waals surface area contributed by atoms with Crippen molar-refractivity contribution in [2.45, 2.75) is 19.3 Å². The Morgan fingerprint density at radius 1 is 0.417 bits per heavy atom. The van der Waals surface area contributed by atoms with Crippen LogP contribution < -0.4 is 9.47 Å². The van der Waals surface area contributed by atoms with Crippen LogP contribution in [0.25, 0.3) is 89.2 Å². The highest BCUT2D eigenvalue weighted by molar-refractivity contribution is 6.09. The van der Waals surface area contributed by atoms with E-state index >= 15 is 0 Å². The zero-order valence-corrected chi connectivity index (χ0v) is 32.9. The van der Waals surface area contributed by atoms with Crippen LogP contribution in [-0.2, 0) is 5.41 Å². The molecule has 0 atom stereocenters. The van der Waals surface area contributed by atoms with Gasteiger partial charge in [0, 0.05) is 44.0 Å². The van der Waals surface area contributed by atoms with Crippen LogP contribution in [0.15, 0.2) is 186 Å². The third kappa shape index (κ3) is 5.33. The Kier molecular flexibility index (Phi) is 7.51. The minimum atomic E-state index is -0.131. The summed E-state index contributed by atoms with van der Waals surface area (Å²) in [6.07, 6.45) is 0. The topological polar surface area (TPSA) is 57.4 Å². The number of ether oxygens (including phenoxy) is 2. The van der Waals surface area contributed by atoms with E-state index in [2.05, 4.69) is 147 Å². The first-order valence-corrected chi connectivity index (χ1v) is 20.3. The average Bonchev–Trinajstić information content (AvgIpc) is 3.80. The number of para-hydroxylation sites is 2. The molecule has 5 nitrogen and oxygen atoms in total. The van der Waals surface area contributed by atoms with Gasteiger partial charge in [-0.3, -0.25) is 0 Å². The molecule has 284 valence electrons. The minimum Gasteiger partial charge on any atom is -0.455 e. The van der Waals surface area contributed by atoms with Crippen molar-refractivity contribution < 1.29 is 13.9 Å². The lowest BCUT2D eigenvalue weighted by Crippen LogP contribution is -2.15. The first-order valence-electron chi connectivity index (χ1n) is 20.3. The Morgan fingerprint density at radius 2 is 1.08 bits per heavy atom. The Bertz CT molecular complexity index is 3350. The van der Waals surface area contributed by atoms with Crippen LogP contribution >= 0.6 is 0 Å². The zero-order chi connectivity index (χ0) is 40.0. The van der Waals surface area contributed by atoms with E-state index in [9.17, 15) is 0 Å². The van der Waals surface area contributed by atoms with Gasteiger partial charge in [0.2, 0.25) is 0 Å². The molecule has 0 bridgehead atoms. The van der Waals surface area contributed by atoms with Gasteiger partial charge in [-0.1, -0.05) is 166 Å². The van der Waals surface area contributed by atoms with Crippen molar-refractivity contribution in [2.24, 2.45) is 0 Å². The summed E-state index contributed by atoms with van der Waals surface area (Å²) in [6, 6.07) is 62.8. The second-order valence-corrected chi connectivity index (χ2v) is 16.1. The number of fused-ring (bicyclic) bond motifs is 9. The van der Waals surface area contributed by atoms with Gasteiger partial charge >= 0.3 is 0 Å². The smallest absolute Gasteiger partial charge is 0.178 e. The SMILES string of the molecule is CC1(C)c2ccccc2-c2c1ccc1c2Oc2ccc(-c3ccccc3-c3cc(-c4ccccc4)nc(-c4ccc(-c5cccc6c5oc5ccccc56)cc4)n3)cc2O1. The van der Waals surface area contributed by atoms with Gasteiger partial charge in [0.1, 0.15) is 11.2 Å². The monoisotopic (exact) mass is 772 g/mol. The molecule has 0 unspecified atom stereocenters. The van der Waals surface area contributed by atoms with Gasteiger partial charge in [-0.15, -0.1) is 0 Å². The first-order chi connectivity index (χ1) is 29.5. The molecular formula is C55H36N2O3. The molecule has 0 amide bonds. The Hall–Kier alpha value is -7.76. The molecule has 12 rings (SSSR count). The van der Waals surface area contributed by atoms with Crippen molar-refractivity contribution in [3.05, 3.63) is 193 Å². The van der Waals surface area contributed by atoms with Crippen molar-refractivity contribution in [3.63, 3.8) is 0 Å². The van der Waals surface area contributed by atoms with E-state index in [4.69, 9.17) is 23.9 Å². The van der Waals surface area contributed by atoms with E-state index in [1.54, 1.807) is 0 Å². The second kappa shape index (κ2) is 13.1. The molecule has 5 heteroatoms. The second-order valence-electron chi connectivity index (χ2n) is 16.1. The molecular weight excluding hydrogens is 737 g/mol. The summed E-state index contributed by atoms with van der Waals surface area (Å²) >= 11 is 0. The average molecular weight is 773 g/mol. The Balaban J connectivity index is 0.926. The number of furan rings is 1. The van der Waals surface area contributed by atoms with E-state index < -0.39 is 0 Å². The highest BCUT2D eigenvalue weighted by Crippen LogP contribution is 2.58. The van der Waals surface area contributed by atoms with E-state index in [0.29, 0.717) is 23.1 Å². The maximum Gasteiger partial charge on any atom is 0.178 e. The van der Waals surface area contributed by atoms with Gasteiger partial charge < -0.3 is 13.9 Å². The lowest BCUT2D eigenvalue weighted by atomic mass is 9.82. The molecule has 1 aliphatic heterocycles. The predicted octanol–water partition coefficient (Wildman–Crippen LogP) is 14.9. The summed E-state index contributed by atoms with van der Waals surface area (Å²) in [7, 11) is 0. The lowest BCUT2D eigenvalue weighted by Gasteiger charge is -2.25. The van der Waals surface area contributed by atoms with E-state index in [1.165, 1.54) is 16.7 Å². The number of aromatic nitrogens is 2. The third-order valence-corrected chi connectivity index (χ3v) is 12.2. The summed E-state index contributed by atoms with van der Waals surface area (Å²) in [4.78, 5) is 10.4. The zero-order valence-electron chi connectivity index (χ0n) is 32.9. The Labute approximate surface area is 347 Å². The lowest BCUT2D eigenvalue weighted by molar-refractivity contribution is 0.360. The molecule has 8 aromatic carbocycles. The van der Waals surface area contributed by atoms with Crippen LogP contribution in [0.4, 0.5) is 0 Å². The highest BCUT2D eigenvalue weighted by Gasteiger charge is 2.39. The predicted molar refractivity (Wildman–Crippen MR) is 241 cm³/mol. The maximum absolute atomic E-state index is 6.73. The van der Waals surface area contributed by atoms with Crippen LogP contribution in [0.1, 0.15) is 25.0 Å². The van der Waals surface area contributed by atoms with Gasteiger partial charge in [-0.25, -0.2) is 9.97 Å². The fourth-order valence-electron chi connectivity index (χ4n) is 9.20.